The van der Waals surface area contributed by atoms with Crippen molar-refractivity contribution in [2.75, 3.05) is 4.90 Å². The van der Waals surface area contributed by atoms with Gasteiger partial charge in [-0.3, -0.25) is 4.98 Å². The van der Waals surface area contributed by atoms with Crippen LogP contribution in [0.15, 0.2) is 145 Å². The van der Waals surface area contributed by atoms with Gasteiger partial charge in [-0.2, -0.15) is 0 Å². The third-order valence-corrected chi connectivity index (χ3v) is 7.21. The molecule has 0 radical (unpaired) electrons. The molecule has 0 unspecified atom stereocenters. The smallest absolute Gasteiger partial charge is 0.0780 e. The highest BCUT2D eigenvalue weighted by Gasteiger charge is 2.16. The summed E-state index contributed by atoms with van der Waals surface area (Å²) in [5, 5.41) is 7.55. The summed E-state index contributed by atoms with van der Waals surface area (Å²) < 4.78 is 84.2. The van der Waals surface area contributed by atoms with E-state index >= 15 is 0 Å². The fourth-order valence-corrected chi connectivity index (χ4v) is 5.54. The summed E-state index contributed by atoms with van der Waals surface area (Å²) in [6.45, 7) is 0. The fourth-order valence-electron chi connectivity index (χ4n) is 5.54. The first-order valence-electron chi connectivity index (χ1n) is 17.5. The van der Waals surface area contributed by atoms with Gasteiger partial charge in [0.2, 0.25) is 0 Å². The standard InChI is InChI=1S/C37H24N2/c1-3-9-29(10-4-1)39(30-11-5-2-6-12-30)31-18-15-25(16-19-31)32-20-17-26-13-14-27-24-28-8-7-23-38-37(28)34-22-21-33(32)35(26)36(27)34/h1-24H/i1D,2D,3D,4D,5D,6D,9D,10D,11D,12D. The van der Waals surface area contributed by atoms with Crippen molar-refractivity contribution in [3.05, 3.63) is 145 Å². The van der Waals surface area contributed by atoms with E-state index in [1.54, 1.807) is 18.3 Å². The molecule has 0 N–H and O–H groups in total. The van der Waals surface area contributed by atoms with Crippen molar-refractivity contribution >= 4 is 60.3 Å². The van der Waals surface area contributed by atoms with Crippen LogP contribution in [0.1, 0.15) is 13.7 Å². The van der Waals surface area contributed by atoms with E-state index in [4.69, 9.17) is 13.7 Å². The minimum atomic E-state index is -0.610. The van der Waals surface area contributed by atoms with E-state index in [9.17, 15) is 0 Å². The van der Waals surface area contributed by atoms with Gasteiger partial charge in [-0.15, -0.1) is 0 Å². The first kappa shape index (κ1) is 14.1. The number of aromatic nitrogens is 1. The number of rotatable bonds is 4. The number of hydrogen-bond acceptors (Lipinski definition) is 2. The number of para-hydroxylation sites is 2. The van der Waals surface area contributed by atoms with Crippen LogP contribution in [-0.2, 0) is 0 Å². The second-order valence-electron chi connectivity index (χ2n) is 9.32. The molecule has 39 heavy (non-hydrogen) atoms. The average molecular weight is 507 g/mol. The minimum absolute atomic E-state index is 0.246. The molecule has 0 saturated heterocycles. The Bertz CT molecular complexity index is 2550. The van der Waals surface area contributed by atoms with Crippen LogP contribution in [0.25, 0.3) is 54.3 Å². The molecular weight excluding hydrogens is 472 g/mol. The highest BCUT2D eigenvalue weighted by Crippen LogP contribution is 2.42. The number of fused-ring (bicyclic) bond motifs is 2. The first-order chi connectivity index (χ1) is 23.5. The molecular formula is C37H24N2. The lowest BCUT2D eigenvalue weighted by Gasteiger charge is -2.25. The molecule has 0 aliphatic heterocycles. The molecule has 2 nitrogen and oxygen atoms in total. The van der Waals surface area contributed by atoms with Crippen molar-refractivity contribution in [2.45, 2.75) is 0 Å². The van der Waals surface area contributed by atoms with Gasteiger partial charge in [0.25, 0.3) is 0 Å². The zero-order valence-electron chi connectivity index (χ0n) is 30.5. The summed E-state index contributed by atoms with van der Waals surface area (Å²) >= 11 is 0. The van der Waals surface area contributed by atoms with Crippen molar-refractivity contribution in [2.24, 2.45) is 0 Å². The molecule has 1 heterocycles. The van der Waals surface area contributed by atoms with Crippen molar-refractivity contribution in [3.8, 4) is 11.1 Å². The number of benzene rings is 7. The Kier molecular flexibility index (Phi) is 3.13. The first-order valence-corrected chi connectivity index (χ1v) is 12.5. The third kappa shape index (κ3) is 3.46. The van der Waals surface area contributed by atoms with Crippen molar-refractivity contribution in [1.82, 2.24) is 4.98 Å². The monoisotopic (exact) mass is 506 g/mol. The molecule has 0 atom stereocenters. The van der Waals surface area contributed by atoms with Crippen LogP contribution in [-0.4, -0.2) is 4.98 Å². The van der Waals surface area contributed by atoms with Gasteiger partial charge in [-0.1, -0.05) is 90.9 Å². The Balaban J connectivity index is 1.35. The normalized spacial score (nSPS) is 15.2. The largest absolute Gasteiger partial charge is 0.311 e. The van der Waals surface area contributed by atoms with Gasteiger partial charge >= 0.3 is 0 Å². The molecule has 0 spiro atoms. The van der Waals surface area contributed by atoms with E-state index in [0.717, 1.165) is 59.2 Å². The van der Waals surface area contributed by atoms with Gasteiger partial charge < -0.3 is 4.90 Å². The van der Waals surface area contributed by atoms with Gasteiger partial charge in [0, 0.05) is 34.0 Å². The van der Waals surface area contributed by atoms with Crippen LogP contribution in [0.4, 0.5) is 17.1 Å². The molecule has 0 fully saturated rings. The number of nitrogens with zero attached hydrogens (tertiary/aromatic N) is 2. The maximum atomic E-state index is 8.70. The van der Waals surface area contributed by atoms with E-state index in [1.807, 2.05) is 24.3 Å². The predicted octanol–water partition coefficient (Wildman–Crippen LogP) is 10.3. The molecule has 0 aliphatic carbocycles. The summed E-state index contributed by atoms with van der Waals surface area (Å²) in [4.78, 5) is 5.83. The van der Waals surface area contributed by atoms with Gasteiger partial charge in [0.05, 0.1) is 19.2 Å². The maximum Gasteiger partial charge on any atom is 0.0780 e. The minimum Gasteiger partial charge on any atom is -0.311 e. The Morgan fingerprint density at radius 2 is 1.18 bits per heavy atom. The molecule has 1 aromatic heterocycles. The van der Waals surface area contributed by atoms with E-state index in [1.165, 1.54) is 0 Å². The van der Waals surface area contributed by atoms with Crippen LogP contribution in [0.3, 0.4) is 0 Å². The van der Waals surface area contributed by atoms with Crippen LogP contribution in [0, 0.1) is 0 Å². The fraction of sp³-hybridized carbons (Fsp3) is 0. The van der Waals surface area contributed by atoms with Gasteiger partial charge in [-0.05, 0) is 86.5 Å². The summed E-state index contributed by atoms with van der Waals surface area (Å²) in [5.41, 5.74) is 2.27. The summed E-state index contributed by atoms with van der Waals surface area (Å²) in [6, 6.07) is 19.7. The Morgan fingerprint density at radius 1 is 0.538 bits per heavy atom. The summed E-state index contributed by atoms with van der Waals surface area (Å²) in [6.07, 6.45) is 1.80. The average Bonchev–Trinajstić information content (AvgIpc) is 3.13. The summed E-state index contributed by atoms with van der Waals surface area (Å²) in [7, 11) is 0. The van der Waals surface area contributed by atoms with E-state index in [0.29, 0.717) is 0 Å². The lowest BCUT2D eigenvalue weighted by atomic mass is 9.89. The molecule has 2 heteroatoms. The molecule has 0 saturated carbocycles. The second-order valence-corrected chi connectivity index (χ2v) is 9.32. The number of anilines is 3. The van der Waals surface area contributed by atoms with Crippen molar-refractivity contribution < 1.29 is 13.7 Å². The van der Waals surface area contributed by atoms with Crippen molar-refractivity contribution in [3.63, 3.8) is 0 Å². The molecule has 8 rings (SSSR count). The van der Waals surface area contributed by atoms with Crippen LogP contribution < -0.4 is 4.90 Å². The quantitative estimate of drug-likeness (QED) is 0.174. The zero-order chi connectivity index (χ0) is 34.5. The van der Waals surface area contributed by atoms with E-state index in [2.05, 4.69) is 47.4 Å². The molecule has 7 aromatic carbocycles. The zero-order valence-corrected chi connectivity index (χ0v) is 20.5. The third-order valence-electron chi connectivity index (χ3n) is 7.21. The Hall–Kier alpha value is -5.21. The molecule has 0 amide bonds. The van der Waals surface area contributed by atoms with E-state index < -0.39 is 60.4 Å². The molecule has 0 bridgehead atoms. The molecule has 182 valence electrons. The van der Waals surface area contributed by atoms with Gasteiger partial charge in [0.15, 0.2) is 0 Å². The van der Waals surface area contributed by atoms with Crippen LogP contribution in [0.5, 0.6) is 0 Å². The maximum absolute atomic E-state index is 8.70. The van der Waals surface area contributed by atoms with Gasteiger partial charge in [-0.25, -0.2) is 0 Å². The lowest BCUT2D eigenvalue weighted by molar-refractivity contribution is 1.28. The van der Waals surface area contributed by atoms with Crippen LogP contribution in [0.2, 0.25) is 0 Å². The second kappa shape index (κ2) is 8.68. The molecule has 8 aromatic rings. The van der Waals surface area contributed by atoms with E-state index in [-0.39, 0.29) is 17.1 Å². The highest BCUT2D eigenvalue weighted by molar-refractivity contribution is 6.29. The Morgan fingerprint density at radius 3 is 1.92 bits per heavy atom. The predicted molar refractivity (Wildman–Crippen MR) is 166 cm³/mol. The Labute approximate surface area is 240 Å². The van der Waals surface area contributed by atoms with Gasteiger partial charge in [0.1, 0.15) is 0 Å². The SMILES string of the molecule is [2H]c1c([2H])c([2H])c(N(c2ccc(-c3ccc4ccc5cc6cccnc6c6ccc3c4c56)cc2)c2c([2H])c([2H])c([2H])c([2H])c2[2H])c([2H])c1[2H]. The summed E-state index contributed by atoms with van der Waals surface area (Å²) in [5.74, 6) is 0. The molecule has 0 aliphatic rings. The topological polar surface area (TPSA) is 16.1 Å². The van der Waals surface area contributed by atoms with Crippen molar-refractivity contribution in [1.29, 1.82) is 0 Å². The number of pyridine rings is 1. The van der Waals surface area contributed by atoms with Crippen LogP contribution >= 0.6 is 0 Å². The highest BCUT2D eigenvalue weighted by atomic mass is 15.1. The lowest BCUT2D eigenvalue weighted by Crippen LogP contribution is -2.09. The number of hydrogen-bond donors (Lipinski definition) is 0.